The predicted octanol–water partition coefficient (Wildman–Crippen LogP) is 6.27. The molecule has 4 aromatic rings. The number of carbonyl (C=O) groups is 1. The van der Waals surface area contributed by atoms with E-state index in [1.165, 1.54) is 0 Å². The highest BCUT2D eigenvalue weighted by Crippen LogP contribution is 2.28. The Morgan fingerprint density at radius 1 is 0.929 bits per heavy atom. The Labute approximate surface area is 247 Å². The zero-order valence-corrected chi connectivity index (χ0v) is 24.0. The van der Waals surface area contributed by atoms with Gasteiger partial charge in [-0.1, -0.05) is 73.2 Å². The van der Waals surface area contributed by atoms with Gasteiger partial charge in [0.1, 0.15) is 18.2 Å². The minimum atomic E-state index is -0.745. The van der Waals surface area contributed by atoms with Crippen LogP contribution in [0.4, 0.5) is 5.69 Å². The maximum absolute atomic E-state index is 10.8. The lowest BCUT2D eigenvalue weighted by molar-refractivity contribution is -0.137. The first-order valence-corrected chi connectivity index (χ1v) is 14.3. The number of hydrogen-bond acceptors (Lipinski definition) is 6. The number of amidine groups is 1. The van der Waals surface area contributed by atoms with E-state index >= 15 is 0 Å². The predicted molar refractivity (Wildman–Crippen MR) is 168 cm³/mol. The standard InChI is InChI=1S/C34H39N5O3/c1-24-33(42-23-25-8-4-2-5-9-25)31(22-37-19-7-3-6-10-32(40)41)29(20-38-24)21-39-30-17-15-27(16-18-30)26-11-13-28(14-12-26)34(35)36/h2,4-5,8-9,11-18,20,37,39H,3,6-7,10,19,21-23H2,1H3,(H3,35,36)(H,40,41). The number of hydrogen-bond donors (Lipinski definition) is 5. The lowest BCUT2D eigenvalue weighted by Gasteiger charge is -2.19. The number of aromatic nitrogens is 1. The Kier molecular flexibility index (Phi) is 11.1. The molecule has 0 amide bonds. The summed E-state index contributed by atoms with van der Waals surface area (Å²) in [5.41, 5.74) is 13.5. The molecule has 0 spiro atoms. The molecule has 3 aromatic carbocycles. The molecule has 8 heteroatoms. The topological polar surface area (TPSA) is 133 Å². The molecule has 0 saturated heterocycles. The van der Waals surface area contributed by atoms with Crippen molar-refractivity contribution in [2.75, 3.05) is 11.9 Å². The van der Waals surface area contributed by atoms with Crippen molar-refractivity contribution in [2.45, 2.75) is 52.3 Å². The van der Waals surface area contributed by atoms with Crippen LogP contribution in [0.5, 0.6) is 5.75 Å². The molecule has 6 N–H and O–H groups in total. The second-order valence-corrected chi connectivity index (χ2v) is 10.3. The molecule has 8 nitrogen and oxygen atoms in total. The number of benzene rings is 3. The van der Waals surface area contributed by atoms with E-state index in [0.717, 1.165) is 64.3 Å². The van der Waals surface area contributed by atoms with Crippen LogP contribution in [0, 0.1) is 12.3 Å². The molecule has 1 heterocycles. The summed E-state index contributed by atoms with van der Waals surface area (Å²) in [6, 6.07) is 26.0. The van der Waals surface area contributed by atoms with Crippen LogP contribution in [0.25, 0.3) is 11.1 Å². The lowest BCUT2D eigenvalue weighted by Crippen LogP contribution is -2.19. The summed E-state index contributed by atoms with van der Waals surface area (Å²) in [6.07, 6.45) is 4.59. The monoisotopic (exact) mass is 565 g/mol. The maximum Gasteiger partial charge on any atom is 0.303 e. The zero-order valence-electron chi connectivity index (χ0n) is 24.0. The summed E-state index contributed by atoms with van der Waals surface area (Å²) in [5.74, 6) is 0.108. The number of aliphatic carboxylic acids is 1. The molecule has 4 rings (SSSR count). The number of unbranched alkanes of at least 4 members (excludes halogenated alkanes) is 2. The highest BCUT2D eigenvalue weighted by Gasteiger charge is 2.15. The van der Waals surface area contributed by atoms with Crippen molar-refractivity contribution in [3.05, 3.63) is 113 Å². The van der Waals surface area contributed by atoms with Crippen molar-refractivity contribution in [1.82, 2.24) is 10.3 Å². The van der Waals surface area contributed by atoms with Gasteiger partial charge in [0.2, 0.25) is 0 Å². The number of nitrogen functional groups attached to an aromatic ring is 1. The number of ether oxygens (including phenoxy) is 1. The second-order valence-electron chi connectivity index (χ2n) is 10.3. The summed E-state index contributed by atoms with van der Waals surface area (Å²) in [7, 11) is 0. The Bertz CT molecular complexity index is 1460. The fraction of sp³-hybridized carbons (Fsp3) is 0.265. The summed E-state index contributed by atoms with van der Waals surface area (Å²) >= 11 is 0. The van der Waals surface area contributed by atoms with Gasteiger partial charge in [-0.25, -0.2) is 0 Å². The van der Waals surface area contributed by atoms with Gasteiger partial charge < -0.3 is 26.2 Å². The number of aryl methyl sites for hydroxylation is 1. The van der Waals surface area contributed by atoms with Gasteiger partial charge in [-0.3, -0.25) is 15.2 Å². The van der Waals surface area contributed by atoms with Crippen molar-refractivity contribution < 1.29 is 14.6 Å². The third kappa shape index (κ3) is 8.91. The minimum absolute atomic E-state index is 0.0608. The number of anilines is 1. The van der Waals surface area contributed by atoms with Crippen LogP contribution in [0.15, 0.2) is 85.1 Å². The molecule has 0 aliphatic rings. The van der Waals surface area contributed by atoms with E-state index in [2.05, 4.69) is 39.9 Å². The first-order chi connectivity index (χ1) is 20.4. The van der Waals surface area contributed by atoms with E-state index in [-0.39, 0.29) is 12.3 Å². The van der Waals surface area contributed by atoms with E-state index in [1.54, 1.807) is 0 Å². The van der Waals surface area contributed by atoms with E-state index in [4.69, 9.17) is 21.0 Å². The second kappa shape index (κ2) is 15.3. The molecule has 0 bridgehead atoms. The Morgan fingerprint density at radius 3 is 2.29 bits per heavy atom. The minimum Gasteiger partial charge on any atom is -0.487 e. The molecule has 0 saturated carbocycles. The smallest absolute Gasteiger partial charge is 0.303 e. The molecule has 0 unspecified atom stereocenters. The fourth-order valence-electron chi connectivity index (χ4n) is 4.68. The van der Waals surface area contributed by atoms with Crippen LogP contribution in [-0.2, 0) is 24.5 Å². The van der Waals surface area contributed by atoms with E-state index < -0.39 is 5.97 Å². The highest BCUT2D eigenvalue weighted by atomic mass is 16.5. The van der Waals surface area contributed by atoms with Crippen molar-refractivity contribution >= 4 is 17.5 Å². The van der Waals surface area contributed by atoms with Gasteiger partial charge in [0.15, 0.2) is 0 Å². The molecule has 0 aliphatic heterocycles. The van der Waals surface area contributed by atoms with Crippen LogP contribution in [-0.4, -0.2) is 28.4 Å². The molecule has 1 aromatic heterocycles. The van der Waals surface area contributed by atoms with Gasteiger partial charge in [0.25, 0.3) is 0 Å². The van der Waals surface area contributed by atoms with Crippen molar-refractivity contribution in [2.24, 2.45) is 5.73 Å². The van der Waals surface area contributed by atoms with Crippen LogP contribution in [0.3, 0.4) is 0 Å². The Balaban J connectivity index is 1.44. The van der Waals surface area contributed by atoms with E-state index in [9.17, 15) is 4.79 Å². The third-order valence-corrected chi connectivity index (χ3v) is 7.07. The molecular weight excluding hydrogens is 526 g/mol. The molecule has 0 radical (unpaired) electrons. The Hall–Kier alpha value is -4.69. The summed E-state index contributed by atoms with van der Waals surface area (Å²) < 4.78 is 6.34. The van der Waals surface area contributed by atoms with Gasteiger partial charge >= 0.3 is 5.97 Å². The lowest BCUT2D eigenvalue weighted by atomic mass is 10.0. The number of rotatable bonds is 16. The first-order valence-electron chi connectivity index (χ1n) is 14.3. The third-order valence-electron chi connectivity index (χ3n) is 7.07. The van der Waals surface area contributed by atoms with E-state index in [0.29, 0.717) is 31.7 Å². The van der Waals surface area contributed by atoms with Crippen molar-refractivity contribution in [3.8, 4) is 16.9 Å². The van der Waals surface area contributed by atoms with Gasteiger partial charge in [-0.15, -0.1) is 0 Å². The van der Waals surface area contributed by atoms with Crippen molar-refractivity contribution in [1.29, 1.82) is 5.41 Å². The summed E-state index contributed by atoms with van der Waals surface area (Å²) in [6.45, 7) is 4.42. The number of nitrogens with one attached hydrogen (secondary N) is 3. The van der Waals surface area contributed by atoms with Crippen molar-refractivity contribution in [3.63, 3.8) is 0 Å². The van der Waals surface area contributed by atoms with Crippen LogP contribution in [0.2, 0.25) is 0 Å². The quantitative estimate of drug-likeness (QED) is 0.0614. The first kappa shape index (κ1) is 30.3. The van der Waals surface area contributed by atoms with Gasteiger partial charge in [0.05, 0.1) is 5.69 Å². The number of carboxylic acids is 1. The molecule has 0 aliphatic carbocycles. The number of pyridine rings is 1. The fourth-order valence-corrected chi connectivity index (χ4v) is 4.68. The number of nitrogens with two attached hydrogens (primary N) is 1. The maximum atomic E-state index is 10.8. The molecule has 42 heavy (non-hydrogen) atoms. The molecular formula is C34H39N5O3. The van der Waals surface area contributed by atoms with E-state index in [1.807, 2.05) is 67.7 Å². The summed E-state index contributed by atoms with van der Waals surface area (Å²) in [4.78, 5) is 15.4. The van der Waals surface area contributed by atoms with Gasteiger partial charge in [-0.05, 0) is 60.7 Å². The number of nitrogens with zero attached hydrogens (tertiary/aromatic N) is 1. The zero-order chi connectivity index (χ0) is 29.7. The van der Waals surface area contributed by atoms with Gasteiger partial charge in [-0.2, -0.15) is 0 Å². The van der Waals surface area contributed by atoms with Crippen LogP contribution in [0.1, 0.15) is 53.6 Å². The average molecular weight is 566 g/mol. The number of carboxylic acid groups (broad SMARTS) is 1. The normalized spacial score (nSPS) is 10.8. The van der Waals surface area contributed by atoms with Crippen LogP contribution >= 0.6 is 0 Å². The van der Waals surface area contributed by atoms with Crippen LogP contribution < -0.4 is 21.1 Å². The molecule has 218 valence electrons. The SMILES string of the molecule is Cc1ncc(CNc2ccc(-c3ccc(C(=N)N)cc3)cc2)c(CNCCCCCC(=O)O)c1OCc1ccccc1. The largest absolute Gasteiger partial charge is 0.487 e. The Morgan fingerprint density at radius 2 is 1.62 bits per heavy atom. The highest BCUT2D eigenvalue weighted by molar-refractivity contribution is 5.95. The molecule has 0 fully saturated rings. The summed E-state index contributed by atoms with van der Waals surface area (Å²) in [5, 5.41) is 23.5. The average Bonchev–Trinajstić information content (AvgIpc) is 3.00. The molecule has 0 atom stereocenters. The van der Waals surface area contributed by atoms with Gasteiger partial charge in [0, 0.05) is 42.5 Å².